The summed E-state index contributed by atoms with van der Waals surface area (Å²) in [7, 11) is 0. The van der Waals surface area contributed by atoms with Gasteiger partial charge in [0, 0.05) is 11.9 Å². The maximum Gasteiger partial charge on any atom is 0.0438 e. The van der Waals surface area contributed by atoms with Crippen LogP contribution in [0.4, 0.5) is 0 Å². The van der Waals surface area contributed by atoms with Gasteiger partial charge >= 0.3 is 0 Å². The first-order valence-electron chi connectivity index (χ1n) is 5.79. The van der Waals surface area contributed by atoms with E-state index >= 15 is 0 Å². The Kier molecular flexibility index (Phi) is 4.64. The van der Waals surface area contributed by atoms with Crippen molar-refractivity contribution in [3.8, 4) is 0 Å². The van der Waals surface area contributed by atoms with Crippen LogP contribution in [-0.2, 0) is 19.3 Å². The average Bonchev–Trinajstić information content (AvgIpc) is 2.66. The van der Waals surface area contributed by atoms with Crippen molar-refractivity contribution in [1.29, 1.82) is 0 Å². The summed E-state index contributed by atoms with van der Waals surface area (Å²) in [6, 6.07) is 2.16. The van der Waals surface area contributed by atoms with E-state index in [4.69, 9.17) is 0 Å². The summed E-state index contributed by atoms with van der Waals surface area (Å²) < 4.78 is 0. The standard InChI is InChI=1S/C10H13N.C3H8/c1-2-8-6-7-11-10-5-3-4-9(8)10;1-3-2/h6-7H,2-5H2,1H3;3H2,1-2H3. The SMILES string of the molecule is CCC.CCc1ccnc2c1CCC2. The van der Waals surface area contributed by atoms with Gasteiger partial charge in [-0.25, -0.2) is 0 Å². The second kappa shape index (κ2) is 5.79. The van der Waals surface area contributed by atoms with Gasteiger partial charge in [-0.05, 0) is 42.9 Å². The zero-order chi connectivity index (χ0) is 10.4. The molecule has 1 aliphatic carbocycles. The molecule has 14 heavy (non-hydrogen) atoms. The predicted molar refractivity (Wildman–Crippen MR) is 61.6 cm³/mol. The van der Waals surface area contributed by atoms with Gasteiger partial charge in [0.1, 0.15) is 0 Å². The van der Waals surface area contributed by atoms with E-state index < -0.39 is 0 Å². The highest BCUT2D eigenvalue weighted by Gasteiger charge is 2.13. The molecule has 0 saturated heterocycles. The molecule has 0 amide bonds. The minimum absolute atomic E-state index is 1.16. The zero-order valence-electron chi connectivity index (χ0n) is 9.64. The summed E-state index contributed by atoms with van der Waals surface area (Å²) in [4.78, 5) is 4.37. The maximum absolute atomic E-state index is 4.37. The Balaban J connectivity index is 0.000000293. The van der Waals surface area contributed by atoms with E-state index in [1.165, 1.54) is 42.5 Å². The van der Waals surface area contributed by atoms with Gasteiger partial charge in [-0.15, -0.1) is 0 Å². The van der Waals surface area contributed by atoms with Gasteiger partial charge in [0.25, 0.3) is 0 Å². The molecule has 1 aliphatic rings. The fourth-order valence-corrected chi connectivity index (χ4v) is 1.87. The predicted octanol–water partition coefficient (Wildman–Crippen LogP) is 3.55. The molecule has 78 valence electrons. The first-order valence-corrected chi connectivity index (χ1v) is 5.79. The minimum Gasteiger partial charge on any atom is -0.261 e. The number of hydrogen-bond donors (Lipinski definition) is 0. The minimum atomic E-state index is 1.16. The average molecular weight is 191 g/mol. The highest BCUT2D eigenvalue weighted by molar-refractivity contribution is 5.33. The quantitative estimate of drug-likeness (QED) is 0.661. The lowest BCUT2D eigenvalue weighted by Crippen LogP contribution is -1.93. The number of pyridine rings is 1. The van der Waals surface area contributed by atoms with Crippen LogP contribution in [0.1, 0.15) is 50.4 Å². The maximum atomic E-state index is 4.37. The molecule has 2 rings (SSSR count). The monoisotopic (exact) mass is 191 g/mol. The van der Waals surface area contributed by atoms with Crippen LogP contribution in [0.2, 0.25) is 0 Å². The van der Waals surface area contributed by atoms with Gasteiger partial charge in [-0.2, -0.15) is 0 Å². The van der Waals surface area contributed by atoms with Crippen molar-refractivity contribution in [1.82, 2.24) is 4.98 Å². The number of hydrogen-bond acceptors (Lipinski definition) is 1. The normalized spacial score (nSPS) is 13.1. The van der Waals surface area contributed by atoms with E-state index in [1.807, 2.05) is 6.20 Å². The third kappa shape index (κ3) is 2.57. The van der Waals surface area contributed by atoms with Crippen LogP contribution in [0, 0.1) is 0 Å². The van der Waals surface area contributed by atoms with E-state index in [9.17, 15) is 0 Å². The first-order chi connectivity index (χ1) is 6.83. The van der Waals surface area contributed by atoms with Crippen LogP contribution >= 0.6 is 0 Å². The highest BCUT2D eigenvalue weighted by Crippen LogP contribution is 2.23. The van der Waals surface area contributed by atoms with Crippen molar-refractivity contribution in [2.24, 2.45) is 0 Å². The Bertz CT molecular complexity index is 279. The molecule has 0 aromatic carbocycles. The lowest BCUT2D eigenvalue weighted by Gasteiger charge is -2.03. The molecule has 1 heterocycles. The van der Waals surface area contributed by atoms with E-state index in [-0.39, 0.29) is 0 Å². The van der Waals surface area contributed by atoms with Crippen LogP contribution in [0.3, 0.4) is 0 Å². The summed E-state index contributed by atoms with van der Waals surface area (Å²) in [5.41, 5.74) is 4.40. The molecule has 0 saturated carbocycles. The number of fused-ring (bicyclic) bond motifs is 1. The molecule has 1 aromatic rings. The van der Waals surface area contributed by atoms with Gasteiger partial charge in [0.15, 0.2) is 0 Å². The van der Waals surface area contributed by atoms with Gasteiger partial charge in [0.2, 0.25) is 0 Å². The van der Waals surface area contributed by atoms with Crippen LogP contribution < -0.4 is 0 Å². The van der Waals surface area contributed by atoms with Crippen molar-refractivity contribution in [3.63, 3.8) is 0 Å². The summed E-state index contributed by atoms with van der Waals surface area (Å²) in [5.74, 6) is 0. The smallest absolute Gasteiger partial charge is 0.0438 e. The second-order valence-electron chi connectivity index (χ2n) is 3.81. The molecular weight excluding hydrogens is 170 g/mol. The molecule has 1 heteroatoms. The van der Waals surface area contributed by atoms with Crippen molar-refractivity contribution >= 4 is 0 Å². The summed E-state index contributed by atoms with van der Waals surface area (Å²) in [5, 5.41) is 0. The van der Waals surface area contributed by atoms with E-state index in [2.05, 4.69) is 31.8 Å². The molecule has 0 unspecified atom stereocenters. The number of rotatable bonds is 1. The second-order valence-corrected chi connectivity index (χ2v) is 3.81. The molecule has 0 bridgehead atoms. The van der Waals surface area contributed by atoms with Gasteiger partial charge in [0.05, 0.1) is 0 Å². The zero-order valence-corrected chi connectivity index (χ0v) is 9.64. The largest absolute Gasteiger partial charge is 0.261 e. The molecule has 0 N–H and O–H groups in total. The van der Waals surface area contributed by atoms with Crippen LogP contribution in [0.5, 0.6) is 0 Å². The fourth-order valence-electron chi connectivity index (χ4n) is 1.87. The summed E-state index contributed by atoms with van der Waals surface area (Å²) in [6.07, 6.45) is 8.11. The Labute approximate surface area is 87.6 Å². The van der Waals surface area contributed by atoms with E-state index in [1.54, 1.807) is 0 Å². The topological polar surface area (TPSA) is 12.9 Å². The fraction of sp³-hybridized carbons (Fsp3) is 0.615. The summed E-state index contributed by atoms with van der Waals surface area (Å²) >= 11 is 0. The molecule has 0 radical (unpaired) electrons. The number of nitrogens with zero attached hydrogens (tertiary/aromatic N) is 1. The lowest BCUT2D eigenvalue weighted by molar-refractivity contribution is 0.896. The van der Waals surface area contributed by atoms with Crippen LogP contribution in [-0.4, -0.2) is 4.98 Å². The van der Waals surface area contributed by atoms with Crippen molar-refractivity contribution < 1.29 is 0 Å². The Morgan fingerprint density at radius 1 is 1.21 bits per heavy atom. The van der Waals surface area contributed by atoms with Crippen molar-refractivity contribution in [3.05, 3.63) is 29.1 Å². The first kappa shape index (κ1) is 11.2. The number of aryl methyl sites for hydroxylation is 2. The molecular formula is C13H21N. The number of aromatic nitrogens is 1. The molecule has 0 atom stereocenters. The van der Waals surface area contributed by atoms with Crippen molar-refractivity contribution in [2.45, 2.75) is 52.9 Å². The Morgan fingerprint density at radius 3 is 2.57 bits per heavy atom. The molecule has 1 aromatic heterocycles. The molecule has 0 fully saturated rings. The van der Waals surface area contributed by atoms with E-state index in [0.717, 1.165) is 6.42 Å². The third-order valence-corrected chi connectivity index (χ3v) is 2.46. The van der Waals surface area contributed by atoms with Gasteiger partial charge in [-0.3, -0.25) is 4.98 Å². The molecule has 1 nitrogen and oxygen atoms in total. The van der Waals surface area contributed by atoms with Gasteiger partial charge < -0.3 is 0 Å². The van der Waals surface area contributed by atoms with E-state index in [0.29, 0.717) is 0 Å². The van der Waals surface area contributed by atoms with Crippen molar-refractivity contribution in [2.75, 3.05) is 0 Å². The summed E-state index contributed by atoms with van der Waals surface area (Å²) in [6.45, 7) is 6.47. The molecule has 0 spiro atoms. The highest BCUT2D eigenvalue weighted by atomic mass is 14.7. The van der Waals surface area contributed by atoms with Gasteiger partial charge in [-0.1, -0.05) is 27.2 Å². The third-order valence-electron chi connectivity index (χ3n) is 2.46. The Hall–Kier alpha value is -0.850. The molecule has 0 aliphatic heterocycles. The van der Waals surface area contributed by atoms with Crippen LogP contribution in [0.25, 0.3) is 0 Å². The lowest BCUT2D eigenvalue weighted by atomic mass is 10.1. The Morgan fingerprint density at radius 2 is 1.93 bits per heavy atom. The van der Waals surface area contributed by atoms with Crippen LogP contribution in [0.15, 0.2) is 12.3 Å².